The van der Waals surface area contributed by atoms with Gasteiger partial charge in [-0.3, -0.25) is 0 Å². The molecule has 0 N–H and O–H groups in total. The zero-order valence-corrected chi connectivity index (χ0v) is 14.7. The molecule has 3 aliphatic rings. The van der Waals surface area contributed by atoms with Crippen LogP contribution in [0, 0.1) is 0 Å². The summed E-state index contributed by atoms with van der Waals surface area (Å²) in [5.74, 6) is 1.28. The minimum atomic E-state index is -0.649. The van der Waals surface area contributed by atoms with Crippen LogP contribution in [0.1, 0.15) is 19.4 Å². The molecule has 2 saturated heterocycles. The Kier molecular flexibility index (Phi) is 4.11. The molecule has 0 spiro atoms. The van der Waals surface area contributed by atoms with Gasteiger partial charge in [0.1, 0.15) is 18.3 Å². The monoisotopic (exact) mass is 350 g/mol. The Morgan fingerprint density at radius 3 is 2.68 bits per heavy atom. The zero-order chi connectivity index (χ0) is 17.6. The Balaban J connectivity index is 1.56. The lowest BCUT2D eigenvalue weighted by atomic mass is 10.1. The van der Waals surface area contributed by atoms with Gasteiger partial charge >= 0.3 is 0 Å². The maximum Gasteiger partial charge on any atom is 0.231 e. The van der Waals surface area contributed by atoms with Crippen molar-refractivity contribution in [1.29, 1.82) is 0 Å². The summed E-state index contributed by atoms with van der Waals surface area (Å²) < 4.78 is 39.4. The summed E-state index contributed by atoms with van der Waals surface area (Å²) >= 11 is 0. The summed E-state index contributed by atoms with van der Waals surface area (Å²) in [6, 6.07) is 3.79. The van der Waals surface area contributed by atoms with Crippen LogP contribution in [0.2, 0.25) is 0 Å². The molecule has 0 bridgehead atoms. The summed E-state index contributed by atoms with van der Waals surface area (Å²) in [6.45, 7) is 3.98. The van der Waals surface area contributed by atoms with E-state index in [1.165, 1.54) is 0 Å². The molecule has 3 heterocycles. The number of hydrogen-bond donors (Lipinski definition) is 0. The molecule has 4 atom stereocenters. The van der Waals surface area contributed by atoms with Gasteiger partial charge in [0.25, 0.3) is 0 Å². The molecular weight excluding hydrogens is 328 g/mol. The Morgan fingerprint density at radius 1 is 1.12 bits per heavy atom. The van der Waals surface area contributed by atoms with E-state index in [-0.39, 0.29) is 25.1 Å². The minimum absolute atomic E-state index is 0.199. The van der Waals surface area contributed by atoms with Crippen LogP contribution in [0.3, 0.4) is 0 Å². The van der Waals surface area contributed by atoms with Crippen LogP contribution in [-0.2, 0) is 18.9 Å². The van der Waals surface area contributed by atoms with Crippen molar-refractivity contribution >= 4 is 6.08 Å². The van der Waals surface area contributed by atoms with Gasteiger partial charge in [0.2, 0.25) is 12.5 Å². The number of benzene rings is 1. The minimum Gasteiger partial charge on any atom is -0.493 e. The fraction of sp³-hybridized carbons (Fsp3) is 0.556. The van der Waals surface area contributed by atoms with Gasteiger partial charge in [0.15, 0.2) is 23.6 Å². The molecule has 0 saturated carbocycles. The normalized spacial score (nSPS) is 32.3. The lowest BCUT2D eigenvalue weighted by Gasteiger charge is -2.22. The van der Waals surface area contributed by atoms with Crippen LogP contribution < -0.4 is 14.2 Å². The van der Waals surface area contributed by atoms with E-state index in [0.717, 1.165) is 5.56 Å². The molecule has 1 aromatic rings. The van der Waals surface area contributed by atoms with E-state index in [4.69, 9.17) is 33.2 Å². The molecular formula is C18H22O7. The van der Waals surface area contributed by atoms with Gasteiger partial charge in [-0.05, 0) is 31.5 Å². The maximum atomic E-state index is 5.98. The highest BCUT2D eigenvalue weighted by molar-refractivity contribution is 5.63. The van der Waals surface area contributed by atoms with Crippen LogP contribution in [0.4, 0.5) is 0 Å². The van der Waals surface area contributed by atoms with Crippen molar-refractivity contribution in [2.75, 3.05) is 21.0 Å². The van der Waals surface area contributed by atoms with Crippen LogP contribution in [-0.4, -0.2) is 51.4 Å². The van der Waals surface area contributed by atoms with Crippen molar-refractivity contribution in [3.05, 3.63) is 23.8 Å². The summed E-state index contributed by atoms with van der Waals surface area (Å²) in [7, 11) is 3.20. The van der Waals surface area contributed by atoms with Crippen molar-refractivity contribution in [3.63, 3.8) is 0 Å². The molecule has 7 nitrogen and oxygen atoms in total. The Bertz CT molecular complexity index is 684. The van der Waals surface area contributed by atoms with E-state index < -0.39 is 12.1 Å². The van der Waals surface area contributed by atoms with E-state index in [9.17, 15) is 0 Å². The summed E-state index contributed by atoms with van der Waals surface area (Å²) in [5.41, 5.74) is 0.917. The second-order valence-electron chi connectivity index (χ2n) is 6.59. The smallest absolute Gasteiger partial charge is 0.231 e. The Labute approximate surface area is 146 Å². The zero-order valence-electron chi connectivity index (χ0n) is 14.7. The van der Waals surface area contributed by atoms with Gasteiger partial charge in [-0.15, -0.1) is 0 Å². The van der Waals surface area contributed by atoms with Crippen molar-refractivity contribution in [2.24, 2.45) is 0 Å². The van der Waals surface area contributed by atoms with Gasteiger partial charge < -0.3 is 33.2 Å². The van der Waals surface area contributed by atoms with E-state index >= 15 is 0 Å². The third-order valence-corrected chi connectivity index (χ3v) is 4.44. The van der Waals surface area contributed by atoms with Crippen molar-refractivity contribution < 1.29 is 33.2 Å². The highest BCUT2D eigenvalue weighted by Crippen LogP contribution is 2.43. The summed E-state index contributed by atoms with van der Waals surface area (Å²) in [4.78, 5) is 0. The highest BCUT2D eigenvalue weighted by atomic mass is 16.8. The first-order valence-electron chi connectivity index (χ1n) is 8.20. The molecule has 7 heteroatoms. The maximum absolute atomic E-state index is 5.98. The lowest BCUT2D eigenvalue weighted by Crippen LogP contribution is -2.30. The quantitative estimate of drug-likeness (QED) is 0.826. The first-order chi connectivity index (χ1) is 12.0. The van der Waals surface area contributed by atoms with Gasteiger partial charge in [-0.25, -0.2) is 0 Å². The standard InChI is InChI=1S/C18H22O7/c1-18(2)24-15-11(23-17(20-4)16(15)25-18)6-5-10-7-12(19-3)14-13(8-10)21-9-22-14/h5-8,11,15-17H,9H2,1-4H3/b6-5+/t11-,15-,16-,17?/m1/s1. The number of hydrogen-bond acceptors (Lipinski definition) is 7. The first kappa shape index (κ1) is 16.7. The molecule has 0 amide bonds. The third kappa shape index (κ3) is 2.97. The molecule has 136 valence electrons. The van der Waals surface area contributed by atoms with Gasteiger partial charge in [0, 0.05) is 7.11 Å². The van der Waals surface area contributed by atoms with E-state index in [1.807, 2.05) is 38.1 Å². The van der Waals surface area contributed by atoms with Gasteiger partial charge in [0.05, 0.1) is 7.11 Å². The number of methoxy groups -OCH3 is 2. The van der Waals surface area contributed by atoms with Crippen LogP contribution in [0.25, 0.3) is 6.08 Å². The van der Waals surface area contributed by atoms with Crippen molar-refractivity contribution in [3.8, 4) is 17.2 Å². The van der Waals surface area contributed by atoms with Gasteiger partial charge in [-0.2, -0.15) is 0 Å². The van der Waals surface area contributed by atoms with Crippen molar-refractivity contribution in [1.82, 2.24) is 0 Å². The summed E-state index contributed by atoms with van der Waals surface area (Å²) in [5, 5.41) is 0. The molecule has 25 heavy (non-hydrogen) atoms. The Hall–Kier alpha value is -1.80. The first-order valence-corrected chi connectivity index (χ1v) is 8.20. The lowest BCUT2D eigenvalue weighted by molar-refractivity contribution is -0.221. The van der Waals surface area contributed by atoms with E-state index in [0.29, 0.717) is 17.2 Å². The highest BCUT2D eigenvalue weighted by Gasteiger charge is 2.54. The van der Waals surface area contributed by atoms with Crippen LogP contribution in [0.15, 0.2) is 18.2 Å². The average molecular weight is 350 g/mol. The molecule has 1 aromatic carbocycles. The average Bonchev–Trinajstić information content (AvgIpc) is 3.25. The molecule has 1 unspecified atom stereocenters. The molecule has 0 aliphatic carbocycles. The van der Waals surface area contributed by atoms with Crippen molar-refractivity contribution in [2.45, 2.75) is 44.2 Å². The SMILES string of the molecule is COc1cc(/C=C/[C@H]2OC(OC)[C@@H]3OC(C)(C)O[C@H]23)cc2c1OCO2. The molecule has 3 aliphatic heterocycles. The summed E-state index contributed by atoms with van der Waals surface area (Å²) in [6.07, 6.45) is 2.70. The predicted molar refractivity (Wildman–Crippen MR) is 87.6 cm³/mol. The largest absolute Gasteiger partial charge is 0.493 e. The second kappa shape index (κ2) is 6.17. The fourth-order valence-corrected chi connectivity index (χ4v) is 3.39. The molecule has 4 rings (SSSR count). The third-order valence-electron chi connectivity index (χ3n) is 4.44. The molecule has 0 radical (unpaired) electrons. The van der Waals surface area contributed by atoms with Gasteiger partial charge in [-0.1, -0.05) is 12.2 Å². The van der Waals surface area contributed by atoms with Crippen LogP contribution in [0.5, 0.6) is 17.2 Å². The molecule has 2 fully saturated rings. The number of rotatable bonds is 4. The predicted octanol–water partition coefficient (Wildman–Crippen LogP) is 2.33. The number of fused-ring (bicyclic) bond motifs is 2. The van der Waals surface area contributed by atoms with Crippen LogP contribution >= 0.6 is 0 Å². The Morgan fingerprint density at radius 2 is 1.92 bits per heavy atom. The fourth-order valence-electron chi connectivity index (χ4n) is 3.39. The topological polar surface area (TPSA) is 64.6 Å². The van der Waals surface area contributed by atoms with E-state index in [1.54, 1.807) is 14.2 Å². The second-order valence-corrected chi connectivity index (χ2v) is 6.59. The molecule has 0 aromatic heterocycles. The van der Waals surface area contributed by atoms with E-state index in [2.05, 4.69) is 0 Å². The number of ether oxygens (including phenoxy) is 7.